The van der Waals surface area contributed by atoms with E-state index in [9.17, 15) is 5.11 Å². The molecule has 0 bridgehead atoms. The van der Waals surface area contributed by atoms with E-state index in [1.165, 1.54) is 142 Å². The number of unbranched alkanes of at least 4 members (excludes halogenated alkanes) is 10. The molecule has 7 rings (SSSR count). The maximum absolute atomic E-state index is 10.3. The van der Waals surface area contributed by atoms with E-state index in [1.54, 1.807) is 0 Å². The zero-order valence-electron chi connectivity index (χ0n) is 33.8. The molecule has 0 fully saturated rings. The van der Waals surface area contributed by atoms with Gasteiger partial charge in [0.1, 0.15) is 24.7 Å². The number of hydrogen-bond acceptors (Lipinski definition) is 3. The van der Waals surface area contributed by atoms with Crippen LogP contribution in [0.1, 0.15) is 119 Å². The highest BCUT2D eigenvalue weighted by atomic mass is 16.5. The largest absolute Gasteiger partial charge is 0.489 e. The topological polar surface area (TPSA) is 38.7 Å². The van der Waals surface area contributed by atoms with Gasteiger partial charge in [0.05, 0.1) is 6.61 Å². The quantitative estimate of drug-likeness (QED) is 0.0588. The molecule has 0 atom stereocenters. The zero-order chi connectivity index (χ0) is 38.5. The highest BCUT2D eigenvalue weighted by Crippen LogP contribution is 2.37. The van der Waals surface area contributed by atoms with E-state index in [0.717, 1.165) is 18.4 Å². The lowest BCUT2D eigenvalue weighted by Gasteiger charge is -2.19. The molecule has 56 heavy (non-hydrogen) atoms. The van der Waals surface area contributed by atoms with Crippen molar-refractivity contribution in [1.29, 1.82) is 0 Å². The van der Waals surface area contributed by atoms with Crippen LogP contribution in [0.4, 0.5) is 0 Å². The molecule has 0 saturated carbocycles. The van der Waals surface area contributed by atoms with Gasteiger partial charge in [-0.25, -0.2) is 0 Å². The molecule has 0 radical (unpaired) electrons. The van der Waals surface area contributed by atoms with Crippen LogP contribution in [0.25, 0.3) is 43.1 Å². The van der Waals surface area contributed by atoms with E-state index < -0.39 is 0 Å². The second kappa shape index (κ2) is 19.8. The molecule has 7 aromatic carbocycles. The summed E-state index contributed by atoms with van der Waals surface area (Å²) in [5.41, 5.74) is 6.05. The Morgan fingerprint density at radius 3 is 1.00 bits per heavy atom. The minimum atomic E-state index is -0.0917. The average molecular weight is 745 g/mol. The van der Waals surface area contributed by atoms with Gasteiger partial charge in [0.15, 0.2) is 0 Å². The van der Waals surface area contributed by atoms with E-state index in [0.29, 0.717) is 24.7 Å². The highest BCUT2D eigenvalue weighted by Gasteiger charge is 2.17. The Labute approximate surface area is 334 Å². The molecular formula is C53H60O3. The van der Waals surface area contributed by atoms with Gasteiger partial charge in [-0.2, -0.15) is 0 Å². The molecule has 3 nitrogen and oxygen atoms in total. The van der Waals surface area contributed by atoms with Crippen LogP contribution in [0.5, 0.6) is 11.5 Å². The summed E-state index contributed by atoms with van der Waals surface area (Å²) in [5.74, 6) is 1.39. The third-order valence-corrected chi connectivity index (χ3v) is 11.8. The van der Waals surface area contributed by atoms with Crippen LogP contribution >= 0.6 is 0 Å². The minimum Gasteiger partial charge on any atom is -0.489 e. The normalized spacial score (nSPS) is 11.6. The number of aliphatic hydroxyl groups excluding tert-OH is 1. The molecule has 0 aliphatic carbocycles. The molecule has 0 amide bonds. The summed E-state index contributed by atoms with van der Waals surface area (Å²) in [6.45, 7) is 5.30. The Morgan fingerprint density at radius 1 is 0.375 bits per heavy atom. The fourth-order valence-electron chi connectivity index (χ4n) is 8.83. The summed E-state index contributed by atoms with van der Waals surface area (Å²) in [7, 11) is 0. The van der Waals surface area contributed by atoms with Crippen molar-refractivity contribution in [3.05, 3.63) is 143 Å². The highest BCUT2D eigenvalue weighted by molar-refractivity contribution is 6.07. The fourth-order valence-corrected chi connectivity index (χ4v) is 8.83. The van der Waals surface area contributed by atoms with Crippen molar-refractivity contribution in [2.75, 3.05) is 0 Å². The Balaban J connectivity index is 1.13. The second-order valence-electron chi connectivity index (χ2n) is 15.7. The lowest BCUT2D eigenvalue weighted by molar-refractivity contribution is 0.271. The van der Waals surface area contributed by atoms with Crippen molar-refractivity contribution in [3.8, 4) is 11.5 Å². The van der Waals surface area contributed by atoms with Gasteiger partial charge in [-0.05, 0) is 97.6 Å². The predicted molar refractivity (Wildman–Crippen MR) is 238 cm³/mol. The van der Waals surface area contributed by atoms with Crippen molar-refractivity contribution < 1.29 is 14.6 Å². The molecule has 0 aromatic heterocycles. The summed E-state index contributed by atoms with van der Waals surface area (Å²) in [4.78, 5) is 0. The maximum atomic E-state index is 10.3. The number of rotatable bonds is 21. The molecule has 0 aliphatic heterocycles. The Morgan fingerprint density at radius 2 is 0.679 bits per heavy atom. The lowest BCUT2D eigenvalue weighted by Crippen LogP contribution is -2.03. The van der Waals surface area contributed by atoms with Gasteiger partial charge in [-0.1, -0.05) is 175 Å². The van der Waals surface area contributed by atoms with E-state index in [2.05, 4.69) is 111 Å². The number of aryl methyl sites for hydroxylation is 2. The molecule has 0 heterocycles. The van der Waals surface area contributed by atoms with Crippen LogP contribution in [0.3, 0.4) is 0 Å². The predicted octanol–water partition coefficient (Wildman–Crippen LogP) is 14.8. The first kappa shape index (κ1) is 39.4. The van der Waals surface area contributed by atoms with Crippen molar-refractivity contribution >= 4 is 43.1 Å². The molecule has 0 unspecified atom stereocenters. The summed E-state index contributed by atoms with van der Waals surface area (Å²) < 4.78 is 13.3. The van der Waals surface area contributed by atoms with Crippen molar-refractivity contribution in [2.24, 2.45) is 0 Å². The molecule has 1 N–H and O–H groups in total. The first-order valence-corrected chi connectivity index (χ1v) is 21.5. The lowest BCUT2D eigenvalue weighted by atomic mass is 9.89. The van der Waals surface area contributed by atoms with Gasteiger partial charge in [-0.15, -0.1) is 0 Å². The SMILES string of the molecule is CCCCCCCCc1c2ccccc2c(COc2cc(CO)cc(OCc3c4ccccc4c(CCCCCCCC)c4ccccc34)c2)c2ccccc12. The molecular weight excluding hydrogens is 685 g/mol. The van der Waals surface area contributed by atoms with E-state index in [4.69, 9.17) is 9.47 Å². The van der Waals surface area contributed by atoms with Gasteiger partial charge in [0, 0.05) is 17.2 Å². The summed E-state index contributed by atoms with van der Waals surface area (Å²) in [6.07, 6.45) is 17.6. The van der Waals surface area contributed by atoms with Crippen molar-refractivity contribution in [1.82, 2.24) is 0 Å². The third kappa shape index (κ3) is 9.22. The van der Waals surface area contributed by atoms with Crippen LogP contribution in [0.2, 0.25) is 0 Å². The monoisotopic (exact) mass is 744 g/mol. The van der Waals surface area contributed by atoms with Crippen LogP contribution < -0.4 is 9.47 Å². The van der Waals surface area contributed by atoms with Crippen LogP contribution in [0, 0.1) is 0 Å². The number of fused-ring (bicyclic) bond motifs is 4. The standard InChI is InChI=1S/C53H60O3/c1-3-5-7-9-11-13-23-42-44-25-15-19-29-48(44)52(49-30-20-16-26-45(42)49)37-55-40-33-39(36-54)34-41(35-40)56-38-53-50-31-21-17-27-46(50)43(24-14-12-10-8-6-4-2)47-28-18-22-32-51(47)53/h15-22,25-35,54H,3-14,23-24,36-38H2,1-2H3. The first-order chi connectivity index (χ1) is 27.7. The van der Waals surface area contributed by atoms with Gasteiger partial charge >= 0.3 is 0 Å². The summed E-state index contributed by atoms with van der Waals surface area (Å²) >= 11 is 0. The number of ether oxygens (including phenoxy) is 2. The van der Waals surface area contributed by atoms with E-state index in [1.807, 2.05) is 18.2 Å². The molecule has 290 valence electrons. The molecule has 0 aliphatic rings. The smallest absolute Gasteiger partial charge is 0.123 e. The molecule has 0 saturated heterocycles. The Bertz CT molecular complexity index is 2080. The average Bonchev–Trinajstić information content (AvgIpc) is 3.24. The number of aliphatic hydroxyl groups is 1. The zero-order valence-corrected chi connectivity index (χ0v) is 33.8. The van der Waals surface area contributed by atoms with Gasteiger partial charge in [0.2, 0.25) is 0 Å². The van der Waals surface area contributed by atoms with Gasteiger partial charge < -0.3 is 14.6 Å². The molecule has 3 heteroatoms. The van der Waals surface area contributed by atoms with E-state index in [-0.39, 0.29) is 6.61 Å². The van der Waals surface area contributed by atoms with E-state index >= 15 is 0 Å². The second-order valence-corrected chi connectivity index (χ2v) is 15.7. The van der Waals surface area contributed by atoms with Crippen LogP contribution in [-0.4, -0.2) is 5.11 Å². The maximum Gasteiger partial charge on any atom is 0.123 e. The Hall–Kier alpha value is -4.86. The first-order valence-electron chi connectivity index (χ1n) is 21.5. The number of hydrogen-bond donors (Lipinski definition) is 1. The Kier molecular flexibility index (Phi) is 13.9. The number of benzene rings is 7. The van der Waals surface area contributed by atoms with Gasteiger partial charge in [0.25, 0.3) is 0 Å². The summed E-state index contributed by atoms with van der Waals surface area (Å²) in [6, 6.07) is 41.2. The van der Waals surface area contributed by atoms with Crippen molar-refractivity contribution in [3.63, 3.8) is 0 Å². The van der Waals surface area contributed by atoms with Gasteiger partial charge in [-0.3, -0.25) is 0 Å². The fraction of sp³-hybridized carbons (Fsp3) is 0.358. The third-order valence-electron chi connectivity index (χ3n) is 11.8. The summed E-state index contributed by atoms with van der Waals surface area (Å²) in [5, 5.41) is 20.6. The van der Waals surface area contributed by atoms with Crippen molar-refractivity contribution in [2.45, 2.75) is 124 Å². The molecule has 0 spiro atoms. The molecule has 7 aromatic rings. The van der Waals surface area contributed by atoms with Crippen LogP contribution in [-0.2, 0) is 32.7 Å². The van der Waals surface area contributed by atoms with Crippen LogP contribution in [0.15, 0.2) is 115 Å². The minimum absolute atomic E-state index is 0.0917.